The zero-order chi connectivity index (χ0) is 45.3. The predicted octanol–water partition coefficient (Wildman–Crippen LogP) is 1.39. The van der Waals surface area contributed by atoms with Gasteiger partial charge in [0.15, 0.2) is 5.78 Å². The summed E-state index contributed by atoms with van der Waals surface area (Å²) in [5, 5.41) is 19.8. The number of amides is 4. The molecule has 62 heavy (non-hydrogen) atoms. The van der Waals surface area contributed by atoms with E-state index in [0.717, 1.165) is 18.1 Å². The Morgan fingerprint density at radius 1 is 0.984 bits per heavy atom. The van der Waals surface area contributed by atoms with Crippen molar-refractivity contribution < 1.29 is 51.2 Å². The lowest BCUT2D eigenvalue weighted by Crippen LogP contribution is -2.59. The number of ketones is 1. The van der Waals surface area contributed by atoms with Crippen LogP contribution in [0.4, 0.5) is 0 Å². The highest BCUT2D eigenvalue weighted by atomic mass is 32.2. The molecule has 1 unspecified atom stereocenters. The minimum atomic E-state index is -4.16. The maximum absolute atomic E-state index is 14.5. The number of benzene rings is 2. The summed E-state index contributed by atoms with van der Waals surface area (Å²) in [5.74, 6) is -1.21. The quantitative estimate of drug-likeness (QED) is 0.0634. The fourth-order valence-corrected chi connectivity index (χ4v) is 8.54. The van der Waals surface area contributed by atoms with Gasteiger partial charge in [0.25, 0.3) is 10.1 Å². The first-order valence-corrected chi connectivity index (χ1v) is 22.8. The van der Waals surface area contributed by atoms with Gasteiger partial charge < -0.3 is 35.4 Å². The lowest BCUT2D eigenvalue weighted by molar-refractivity contribution is -0.145. The third-order valence-electron chi connectivity index (χ3n) is 10.8. The number of hydrogen-bond donors (Lipinski definition) is 4. The highest BCUT2D eigenvalue weighted by Crippen LogP contribution is 2.26. The standard InChI is InChI=1S/C45H63N5O11S/c1-6-22-59-23-13-26-62(57,58)61-31-45(5,56)41(52)37(27-32(2)3)47-43(54)39(29-35-16-11-8-12-17-35)50-33(4)28-38(44(50)55)48-42(53)36(19-18-34-14-9-7-10-15-34)46-40(51)30-49-20-24-60-25-21-49/h1,7-12,14-17,32-33,36-39,56H,13,18-31H2,2-5H3,(H,46,51)(H,47,54)(H,48,53)/t33?,36-,37-,38-,39-,45+/m0/s1. The number of carbonyl (C=O) groups excluding carboxylic acids is 5. The number of Topliss-reactive ketones (excluding diaryl/α,β-unsaturated/α-hetero) is 1. The molecule has 0 radical (unpaired) electrons. The number of aliphatic hydroxyl groups is 1. The summed E-state index contributed by atoms with van der Waals surface area (Å²) >= 11 is 0. The molecule has 0 aliphatic carbocycles. The molecule has 2 saturated heterocycles. The molecule has 2 fully saturated rings. The number of ether oxygens (including phenoxy) is 2. The zero-order valence-electron chi connectivity index (χ0n) is 36.3. The van der Waals surface area contributed by atoms with Crippen LogP contribution in [0.5, 0.6) is 0 Å². The van der Waals surface area contributed by atoms with E-state index in [1.54, 1.807) is 19.1 Å². The SMILES string of the molecule is C#CCOCCCS(=O)(=O)OC[C@@](C)(O)C(=O)[C@H](CC(C)C)NC(=O)[C@H](Cc1ccccc1)N1C(=O)[C@@H](NC(=O)[C@H](CCc2ccccc2)NC(=O)CN2CCOCC2)CC1C. The molecular formula is C45H63N5O11S. The van der Waals surface area contributed by atoms with E-state index in [1.807, 2.05) is 67.3 Å². The molecule has 340 valence electrons. The number of nitrogens with zero attached hydrogens (tertiary/aromatic N) is 2. The van der Waals surface area contributed by atoms with E-state index >= 15 is 0 Å². The molecule has 0 aromatic heterocycles. The number of nitrogens with one attached hydrogen (secondary N) is 3. The van der Waals surface area contributed by atoms with Crippen molar-refractivity contribution in [2.24, 2.45) is 5.92 Å². The normalized spacial score (nSPS) is 19.5. The van der Waals surface area contributed by atoms with Gasteiger partial charge in [0.1, 0.15) is 36.9 Å². The molecule has 2 heterocycles. The molecule has 4 N–H and O–H groups in total. The number of carbonyl (C=O) groups is 5. The molecular weight excluding hydrogens is 819 g/mol. The first-order chi connectivity index (χ1) is 29.5. The highest BCUT2D eigenvalue weighted by Gasteiger charge is 2.46. The summed E-state index contributed by atoms with van der Waals surface area (Å²) in [6, 6.07) is 13.6. The zero-order valence-corrected chi connectivity index (χ0v) is 37.1. The molecule has 4 rings (SSSR count). The molecule has 2 aromatic carbocycles. The number of likely N-dealkylation sites (tertiary alicyclic amines) is 1. The van der Waals surface area contributed by atoms with E-state index in [9.17, 15) is 37.5 Å². The fraction of sp³-hybridized carbons (Fsp3) is 0.578. The number of rotatable bonds is 25. The Balaban J connectivity index is 1.51. The second-order valence-electron chi connectivity index (χ2n) is 16.6. The Morgan fingerprint density at radius 3 is 2.26 bits per heavy atom. The van der Waals surface area contributed by atoms with Crippen molar-refractivity contribution in [3.8, 4) is 12.3 Å². The predicted molar refractivity (Wildman–Crippen MR) is 232 cm³/mol. The molecule has 0 bridgehead atoms. The molecule has 0 spiro atoms. The van der Waals surface area contributed by atoms with Gasteiger partial charge in [-0.1, -0.05) is 80.4 Å². The summed E-state index contributed by atoms with van der Waals surface area (Å²) in [5.41, 5.74) is -0.618. The van der Waals surface area contributed by atoms with Gasteiger partial charge in [-0.3, -0.25) is 33.1 Å². The lowest BCUT2D eigenvalue weighted by atomic mass is 9.90. The van der Waals surface area contributed by atoms with Crippen molar-refractivity contribution in [2.75, 3.05) is 58.4 Å². The van der Waals surface area contributed by atoms with Crippen LogP contribution >= 0.6 is 0 Å². The maximum Gasteiger partial charge on any atom is 0.267 e. The average molecular weight is 882 g/mol. The topological polar surface area (TPSA) is 210 Å². The number of terminal acetylenes is 1. The van der Waals surface area contributed by atoms with Crippen LogP contribution in [-0.2, 0) is 60.6 Å². The van der Waals surface area contributed by atoms with Gasteiger partial charge in [-0.05, 0) is 63.0 Å². The van der Waals surface area contributed by atoms with Crippen molar-refractivity contribution in [3.05, 3.63) is 71.8 Å². The van der Waals surface area contributed by atoms with Gasteiger partial charge in [-0.2, -0.15) is 8.42 Å². The summed E-state index contributed by atoms with van der Waals surface area (Å²) in [6.07, 6.45) is 6.30. The van der Waals surface area contributed by atoms with E-state index in [0.29, 0.717) is 32.7 Å². The first-order valence-electron chi connectivity index (χ1n) is 21.2. The second kappa shape index (κ2) is 24.2. The summed E-state index contributed by atoms with van der Waals surface area (Å²) in [4.78, 5) is 73.3. The molecule has 4 amide bonds. The summed E-state index contributed by atoms with van der Waals surface area (Å²) < 4.78 is 40.7. The third kappa shape index (κ3) is 15.9. The lowest BCUT2D eigenvalue weighted by Gasteiger charge is -2.34. The minimum Gasteiger partial charge on any atom is -0.380 e. The molecule has 2 aromatic rings. The molecule has 2 aliphatic heterocycles. The second-order valence-corrected chi connectivity index (χ2v) is 18.4. The van der Waals surface area contributed by atoms with Crippen molar-refractivity contribution in [3.63, 3.8) is 0 Å². The van der Waals surface area contributed by atoms with E-state index in [1.165, 1.54) is 4.90 Å². The highest BCUT2D eigenvalue weighted by molar-refractivity contribution is 7.86. The molecule has 17 heteroatoms. The van der Waals surface area contributed by atoms with Gasteiger partial charge in [-0.25, -0.2) is 0 Å². The van der Waals surface area contributed by atoms with Crippen LogP contribution < -0.4 is 16.0 Å². The molecule has 0 saturated carbocycles. The third-order valence-corrected chi connectivity index (χ3v) is 12.0. The Hall–Kier alpha value is -4.70. The Labute approximate surface area is 365 Å². The molecule has 16 nitrogen and oxygen atoms in total. The van der Waals surface area contributed by atoms with Gasteiger partial charge in [-0.15, -0.1) is 6.42 Å². The Morgan fingerprint density at radius 2 is 1.63 bits per heavy atom. The van der Waals surface area contributed by atoms with Crippen LogP contribution in [0, 0.1) is 18.3 Å². The van der Waals surface area contributed by atoms with E-state index in [-0.39, 0.29) is 63.7 Å². The van der Waals surface area contributed by atoms with Gasteiger partial charge in [0, 0.05) is 32.2 Å². The van der Waals surface area contributed by atoms with Crippen LogP contribution in [0.3, 0.4) is 0 Å². The Kier molecular flexibility index (Phi) is 19.5. The van der Waals surface area contributed by atoms with Crippen molar-refractivity contribution in [1.82, 2.24) is 25.8 Å². The monoisotopic (exact) mass is 881 g/mol. The van der Waals surface area contributed by atoms with Crippen LogP contribution in [0.1, 0.15) is 64.5 Å². The summed E-state index contributed by atoms with van der Waals surface area (Å²) in [6.45, 7) is 8.04. The fourth-order valence-electron chi connectivity index (χ4n) is 7.54. The van der Waals surface area contributed by atoms with Gasteiger partial charge in [0.05, 0.1) is 31.6 Å². The van der Waals surface area contributed by atoms with Crippen LogP contribution in [0.15, 0.2) is 60.7 Å². The molecule has 2 aliphatic rings. The molecule has 6 atom stereocenters. The number of morpholine rings is 1. The van der Waals surface area contributed by atoms with Crippen molar-refractivity contribution in [1.29, 1.82) is 0 Å². The van der Waals surface area contributed by atoms with Gasteiger partial charge in [0.2, 0.25) is 23.6 Å². The van der Waals surface area contributed by atoms with E-state index in [2.05, 4.69) is 21.9 Å². The van der Waals surface area contributed by atoms with Crippen LogP contribution in [0.25, 0.3) is 0 Å². The summed E-state index contributed by atoms with van der Waals surface area (Å²) in [7, 11) is -4.16. The van der Waals surface area contributed by atoms with Gasteiger partial charge >= 0.3 is 0 Å². The first kappa shape index (κ1) is 50.0. The van der Waals surface area contributed by atoms with Crippen molar-refractivity contribution >= 4 is 39.5 Å². The number of aryl methyl sites for hydroxylation is 1. The van der Waals surface area contributed by atoms with Crippen LogP contribution in [-0.4, -0.2) is 147 Å². The van der Waals surface area contributed by atoms with Crippen molar-refractivity contribution in [2.45, 2.75) is 102 Å². The maximum atomic E-state index is 14.5. The largest absolute Gasteiger partial charge is 0.380 e. The van der Waals surface area contributed by atoms with Crippen LogP contribution in [0.2, 0.25) is 0 Å². The van der Waals surface area contributed by atoms with E-state index in [4.69, 9.17) is 20.1 Å². The Bertz CT molecular complexity index is 1940. The number of hydrogen-bond acceptors (Lipinski definition) is 12. The minimum absolute atomic E-state index is 0.0223. The average Bonchev–Trinajstić information content (AvgIpc) is 3.51. The van der Waals surface area contributed by atoms with E-state index < -0.39 is 81.8 Å². The smallest absolute Gasteiger partial charge is 0.267 e.